The Morgan fingerprint density at radius 3 is 2.16 bits per heavy atom. The number of aromatic amines is 1. The van der Waals surface area contributed by atoms with Gasteiger partial charge in [0.05, 0.1) is 18.6 Å². The molecule has 2 aromatic rings. The van der Waals surface area contributed by atoms with E-state index in [2.05, 4.69) is 25.9 Å². The normalized spacial score (nSPS) is 19.1. The number of carbonyl (C=O) groups excluding carboxylic acids is 5. The quantitative estimate of drug-likeness (QED) is 0.0984. The molecule has 1 aromatic heterocycles. The Morgan fingerprint density at radius 1 is 0.857 bits per heavy atom. The Bertz CT molecular complexity index is 1440. The molecule has 16 nitrogen and oxygen atoms in total. The molecule has 2 fully saturated rings. The Kier molecular flexibility index (Phi) is 13.6. The van der Waals surface area contributed by atoms with Crippen LogP contribution in [0, 0.1) is 0 Å². The number of imidazole rings is 1. The molecule has 9 N–H and O–H groups in total. The van der Waals surface area contributed by atoms with E-state index >= 15 is 0 Å². The van der Waals surface area contributed by atoms with E-state index in [1.807, 2.05) is 30.3 Å². The van der Waals surface area contributed by atoms with Crippen molar-refractivity contribution in [2.75, 3.05) is 26.2 Å². The maximum absolute atomic E-state index is 14.1. The van der Waals surface area contributed by atoms with Gasteiger partial charge in [0.1, 0.15) is 30.2 Å². The highest BCUT2D eigenvalue weighted by Crippen LogP contribution is 2.23. The summed E-state index contributed by atoms with van der Waals surface area (Å²) in [7, 11) is 0. The molecule has 49 heavy (non-hydrogen) atoms. The van der Waals surface area contributed by atoms with Gasteiger partial charge < -0.3 is 47.3 Å². The van der Waals surface area contributed by atoms with E-state index in [0.717, 1.165) is 5.56 Å². The van der Waals surface area contributed by atoms with E-state index < -0.39 is 65.7 Å². The van der Waals surface area contributed by atoms with Crippen molar-refractivity contribution >= 4 is 35.5 Å². The Hall–Kier alpha value is -4.83. The van der Waals surface area contributed by atoms with Gasteiger partial charge in [0, 0.05) is 32.1 Å². The molecule has 2 aliphatic rings. The van der Waals surface area contributed by atoms with Crippen molar-refractivity contribution in [1.29, 1.82) is 0 Å². The van der Waals surface area contributed by atoms with E-state index in [1.165, 1.54) is 16.1 Å². The zero-order valence-corrected chi connectivity index (χ0v) is 27.5. The summed E-state index contributed by atoms with van der Waals surface area (Å²) in [5, 5.41) is 17.9. The molecule has 0 radical (unpaired) electrons. The molecule has 2 saturated heterocycles. The molecule has 5 amide bonds. The second-order valence-electron chi connectivity index (χ2n) is 12.4. The number of nitrogens with one attached hydrogen (secondary N) is 4. The number of H-pyrrole nitrogens is 1. The first-order valence-electron chi connectivity index (χ1n) is 16.8. The van der Waals surface area contributed by atoms with Gasteiger partial charge in [0.25, 0.3) is 0 Å². The van der Waals surface area contributed by atoms with Gasteiger partial charge in [-0.1, -0.05) is 30.3 Å². The molecule has 0 bridgehead atoms. The molecule has 0 spiro atoms. The highest BCUT2D eigenvalue weighted by molar-refractivity contribution is 5.96. The summed E-state index contributed by atoms with van der Waals surface area (Å²) >= 11 is 0. The number of aliphatic carboxylic acids is 1. The monoisotopic (exact) mass is 681 g/mol. The van der Waals surface area contributed by atoms with Crippen molar-refractivity contribution in [1.82, 2.24) is 35.7 Å². The lowest BCUT2D eigenvalue weighted by atomic mass is 10.0. The molecule has 5 atom stereocenters. The lowest BCUT2D eigenvalue weighted by Gasteiger charge is -2.32. The Balaban J connectivity index is 1.52. The van der Waals surface area contributed by atoms with Crippen molar-refractivity contribution in [3.63, 3.8) is 0 Å². The standard InChI is InChI=1S/C33H47N9O7/c34-13-5-4-10-23(39-29(44)24(38-28(43)18-35)17-22-19-36-20-37-22)31(46)41-14-6-11-26(41)30(45)40-25(16-21-8-2-1-3-9-21)32(47)42-15-7-12-27(42)33(48)49/h1-3,8-9,19-20,23-27H,4-7,10-18,34-35H2,(H,36,37)(H,38,43)(H,39,44)(H,40,45)(H,48,49)/t23-,24-,25-,26-,27-/m0/s1. The predicted molar refractivity (Wildman–Crippen MR) is 177 cm³/mol. The van der Waals surface area contributed by atoms with Crippen LogP contribution in [0.3, 0.4) is 0 Å². The third kappa shape index (κ3) is 10.1. The largest absolute Gasteiger partial charge is 0.480 e. The third-order valence-corrected chi connectivity index (χ3v) is 8.92. The minimum absolute atomic E-state index is 0.0517. The number of amides is 5. The summed E-state index contributed by atoms with van der Waals surface area (Å²) in [5.41, 5.74) is 12.5. The van der Waals surface area contributed by atoms with Crippen LogP contribution in [0.1, 0.15) is 56.2 Å². The minimum atomic E-state index is -1.10. The fourth-order valence-corrected chi connectivity index (χ4v) is 6.41. The van der Waals surface area contributed by atoms with Crippen LogP contribution in [0.15, 0.2) is 42.9 Å². The number of carboxylic acid groups (broad SMARTS) is 1. The van der Waals surface area contributed by atoms with Gasteiger partial charge in [-0.25, -0.2) is 9.78 Å². The minimum Gasteiger partial charge on any atom is -0.480 e. The Labute approximate surface area is 284 Å². The van der Waals surface area contributed by atoms with Crippen molar-refractivity contribution in [3.05, 3.63) is 54.1 Å². The topological polar surface area (TPSA) is 246 Å². The molecule has 0 unspecified atom stereocenters. The molecule has 2 aliphatic heterocycles. The number of rotatable bonds is 17. The second-order valence-corrected chi connectivity index (χ2v) is 12.4. The van der Waals surface area contributed by atoms with Gasteiger partial charge in [-0.05, 0) is 57.1 Å². The Morgan fingerprint density at radius 2 is 1.53 bits per heavy atom. The lowest BCUT2D eigenvalue weighted by molar-refractivity contribution is -0.149. The predicted octanol–water partition coefficient (Wildman–Crippen LogP) is -1.20. The van der Waals surface area contributed by atoms with Gasteiger partial charge in [0.2, 0.25) is 29.5 Å². The number of benzene rings is 1. The average molecular weight is 682 g/mol. The van der Waals surface area contributed by atoms with Crippen LogP contribution in [-0.2, 0) is 41.6 Å². The first-order chi connectivity index (χ1) is 23.6. The van der Waals surface area contributed by atoms with Crippen molar-refractivity contribution in [3.8, 4) is 0 Å². The average Bonchev–Trinajstić information content (AvgIpc) is 3.90. The van der Waals surface area contributed by atoms with E-state index in [9.17, 15) is 33.9 Å². The summed E-state index contributed by atoms with van der Waals surface area (Å²) in [6, 6.07) is 4.06. The highest BCUT2D eigenvalue weighted by Gasteiger charge is 2.42. The van der Waals surface area contributed by atoms with Crippen molar-refractivity contribution in [2.24, 2.45) is 11.5 Å². The molecule has 1 aromatic carbocycles. The molecule has 16 heteroatoms. The summed E-state index contributed by atoms with van der Waals surface area (Å²) in [6.07, 6.45) is 6.31. The first kappa shape index (κ1) is 37.0. The van der Waals surface area contributed by atoms with Crippen LogP contribution in [0.4, 0.5) is 0 Å². The zero-order chi connectivity index (χ0) is 35.3. The molecular formula is C33H47N9O7. The highest BCUT2D eigenvalue weighted by atomic mass is 16.4. The summed E-state index contributed by atoms with van der Waals surface area (Å²) in [4.78, 5) is 88.9. The first-order valence-corrected chi connectivity index (χ1v) is 16.8. The van der Waals surface area contributed by atoms with Crippen LogP contribution in [0.2, 0.25) is 0 Å². The van der Waals surface area contributed by atoms with E-state index in [-0.39, 0.29) is 38.9 Å². The molecule has 4 rings (SSSR count). The summed E-state index contributed by atoms with van der Waals surface area (Å²) < 4.78 is 0. The van der Waals surface area contributed by atoms with E-state index in [1.54, 1.807) is 6.20 Å². The SMILES string of the molecule is NCCCC[C@H](NC(=O)[C@H](Cc1c[nH]cn1)NC(=O)CN)C(=O)N1CCC[C@H]1C(=O)N[C@@H](Cc1ccccc1)C(=O)N1CCC[C@H]1C(=O)O. The molecular weight excluding hydrogens is 634 g/mol. The van der Waals surface area contributed by atoms with Gasteiger partial charge in [-0.2, -0.15) is 0 Å². The maximum atomic E-state index is 14.1. The van der Waals surface area contributed by atoms with Gasteiger partial charge in [-0.15, -0.1) is 0 Å². The van der Waals surface area contributed by atoms with Crippen LogP contribution < -0.4 is 27.4 Å². The molecule has 3 heterocycles. The number of hydrogen-bond acceptors (Lipinski definition) is 9. The van der Waals surface area contributed by atoms with Crippen LogP contribution in [0.25, 0.3) is 0 Å². The van der Waals surface area contributed by atoms with E-state index in [0.29, 0.717) is 50.8 Å². The zero-order valence-electron chi connectivity index (χ0n) is 27.5. The van der Waals surface area contributed by atoms with Crippen LogP contribution in [0.5, 0.6) is 0 Å². The number of carboxylic acids is 1. The number of nitrogens with zero attached hydrogens (tertiary/aromatic N) is 3. The lowest BCUT2D eigenvalue weighted by Crippen LogP contribution is -2.59. The molecule has 266 valence electrons. The number of hydrogen-bond donors (Lipinski definition) is 7. The van der Waals surface area contributed by atoms with Crippen LogP contribution >= 0.6 is 0 Å². The molecule has 0 saturated carbocycles. The number of aromatic nitrogens is 2. The number of likely N-dealkylation sites (tertiary alicyclic amines) is 2. The van der Waals surface area contributed by atoms with Gasteiger partial charge in [0.15, 0.2) is 0 Å². The van der Waals surface area contributed by atoms with Crippen molar-refractivity contribution in [2.45, 2.75) is 88.0 Å². The number of unbranched alkanes of at least 4 members (excludes halogenated alkanes) is 1. The summed E-state index contributed by atoms with van der Waals surface area (Å²) in [6.45, 7) is 0.568. The fourth-order valence-electron chi connectivity index (χ4n) is 6.41. The maximum Gasteiger partial charge on any atom is 0.326 e. The third-order valence-electron chi connectivity index (χ3n) is 8.92. The smallest absolute Gasteiger partial charge is 0.326 e. The van der Waals surface area contributed by atoms with E-state index in [4.69, 9.17) is 11.5 Å². The summed E-state index contributed by atoms with van der Waals surface area (Å²) in [5.74, 6) is -3.76. The van der Waals surface area contributed by atoms with Crippen LogP contribution in [-0.4, -0.2) is 117 Å². The number of carbonyl (C=O) groups is 6. The fraction of sp³-hybridized carbons (Fsp3) is 0.545. The van der Waals surface area contributed by atoms with Gasteiger partial charge >= 0.3 is 5.97 Å². The van der Waals surface area contributed by atoms with Gasteiger partial charge in [-0.3, -0.25) is 24.0 Å². The van der Waals surface area contributed by atoms with Crippen molar-refractivity contribution < 1.29 is 33.9 Å². The second kappa shape index (κ2) is 18.1. The number of nitrogens with two attached hydrogens (primary N) is 2. The molecule has 0 aliphatic carbocycles.